The first kappa shape index (κ1) is 73.2. The maximum absolute atomic E-state index is 13.4. The number of rotatable bonds is 57. The minimum Gasteiger partial charge on any atom is -0.454 e. The van der Waals surface area contributed by atoms with Crippen molar-refractivity contribution in [1.29, 1.82) is 0 Å². The normalized spacial score (nSPS) is 19.1. The second-order valence-electron chi connectivity index (χ2n) is 23.2. The van der Waals surface area contributed by atoms with Gasteiger partial charge in [-0.25, -0.2) is 0 Å². The van der Waals surface area contributed by atoms with Gasteiger partial charge in [0.2, 0.25) is 5.91 Å². The summed E-state index contributed by atoms with van der Waals surface area (Å²) in [7, 11) is 0. The lowest BCUT2D eigenvalue weighted by Gasteiger charge is -2.41. The summed E-state index contributed by atoms with van der Waals surface area (Å²) in [6.45, 7) is 5.82. The minimum absolute atomic E-state index is 0.128. The van der Waals surface area contributed by atoms with Crippen molar-refractivity contribution in [2.75, 3.05) is 13.2 Å². The number of hydrogen-bond acceptors (Lipinski definition) is 10. The molecule has 0 radical (unpaired) electrons. The molecule has 0 aliphatic carbocycles. The second kappa shape index (κ2) is 54.7. The Morgan fingerprint density at radius 3 is 1.26 bits per heavy atom. The molecule has 1 saturated heterocycles. The Morgan fingerprint density at radius 2 is 0.857 bits per heavy atom. The van der Waals surface area contributed by atoms with Crippen LogP contribution < -0.4 is 5.32 Å². The Labute approximate surface area is 473 Å². The van der Waals surface area contributed by atoms with E-state index in [-0.39, 0.29) is 13.0 Å². The van der Waals surface area contributed by atoms with E-state index >= 15 is 0 Å². The fourth-order valence-electron chi connectivity index (χ4n) is 10.6. The lowest BCUT2D eigenvalue weighted by Crippen LogP contribution is -2.61. The molecule has 0 aromatic carbocycles. The molecule has 11 heteroatoms. The molecule has 11 nitrogen and oxygen atoms in total. The highest BCUT2D eigenvalue weighted by Crippen LogP contribution is 2.26. The number of nitrogens with one attached hydrogen (secondary N) is 1. The predicted molar refractivity (Wildman–Crippen MR) is 320 cm³/mol. The minimum atomic E-state index is -1.61. The van der Waals surface area contributed by atoms with Gasteiger partial charge < -0.3 is 45.1 Å². The van der Waals surface area contributed by atoms with Crippen LogP contribution in [0.15, 0.2) is 24.3 Å². The van der Waals surface area contributed by atoms with Gasteiger partial charge in [0.1, 0.15) is 24.4 Å². The van der Waals surface area contributed by atoms with Crippen LogP contribution in [0.1, 0.15) is 323 Å². The summed E-state index contributed by atoms with van der Waals surface area (Å²) in [5, 5.41) is 57.0. The van der Waals surface area contributed by atoms with Crippen molar-refractivity contribution in [2.24, 2.45) is 0 Å². The topological polar surface area (TPSA) is 175 Å². The average Bonchev–Trinajstić information content (AvgIpc) is 3.43. The number of carbonyl (C=O) groups is 2. The van der Waals surface area contributed by atoms with Gasteiger partial charge in [-0.2, -0.15) is 0 Å². The van der Waals surface area contributed by atoms with Gasteiger partial charge in [0.15, 0.2) is 12.4 Å². The van der Waals surface area contributed by atoms with Crippen LogP contribution in [0.2, 0.25) is 0 Å². The molecular formula is C66H125NO10. The molecular weight excluding hydrogens is 967 g/mol. The Kier molecular flexibility index (Phi) is 52.0. The number of ether oxygens (including phenoxy) is 3. The van der Waals surface area contributed by atoms with Crippen molar-refractivity contribution < 1.29 is 49.3 Å². The molecule has 454 valence electrons. The fraction of sp³-hybridized carbons (Fsp3) is 0.909. The molecule has 0 spiro atoms. The van der Waals surface area contributed by atoms with Crippen LogP contribution in [0.25, 0.3) is 0 Å². The molecule has 1 aliphatic heterocycles. The van der Waals surface area contributed by atoms with Gasteiger partial charge in [0.25, 0.3) is 0 Å². The smallest absolute Gasteiger partial charge is 0.306 e. The molecule has 8 atom stereocenters. The number of esters is 1. The first-order chi connectivity index (χ1) is 37.7. The van der Waals surface area contributed by atoms with E-state index in [1.165, 1.54) is 218 Å². The van der Waals surface area contributed by atoms with Crippen molar-refractivity contribution in [3.8, 4) is 0 Å². The monoisotopic (exact) mass is 1090 g/mol. The summed E-state index contributed by atoms with van der Waals surface area (Å²) in [6, 6.07) is -1.02. The molecule has 8 unspecified atom stereocenters. The van der Waals surface area contributed by atoms with E-state index in [4.69, 9.17) is 14.2 Å². The zero-order valence-corrected chi connectivity index (χ0v) is 50.4. The van der Waals surface area contributed by atoms with Crippen molar-refractivity contribution in [3.05, 3.63) is 24.3 Å². The van der Waals surface area contributed by atoms with E-state index < -0.39 is 67.4 Å². The largest absolute Gasteiger partial charge is 0.454 e. The number of allylic oxidation sites excluding steroid dienone is 3. The summed E-state index contributed by atoms with van der Waals surface area (Å²) < 4.78 is 17.7. The molecule has 1 aliphatic rings. The molecule has 0 aromatic heterocycles. The summed E-state index contributed by atoms with van der Waals surface area (Å²) in [5.41, 5.74) is 0. The Balaban J connectivity index is 2.58. The van der Waals surface area contributed by atoms with Crippen LogP contribution in [-0.4, -0.2) is 99.6 Å². The van der Waals surface area contributed by atoms with Crippen LogP contribution in [0.5, 0.6) is 0 Å². The van der Waals surface area contributed by atoms with Gasteiger partial charge in [-0.3, -0.25) is 9.59 Å². The molecule has 1 rings (SSSR count). The standard InChI is InChI=1S/C66H125NO10/c1-4-7-10-13-16-19-22-25-26-27-28-29-30-31-32-33-34-36-39-42-45-48-51-54-61(71)77-64-63(73)62(72)60(55-68)76-66(64)75-56-57(58(69)52-49-46-43-40-37-24-21-18-15-12-9-6-3)67-65(74)59(70)53-50-47-44-41-38-35-23-20-17-14-11-8-5-2/h25-26,49,52,57-60,62-64,66,68-70,72-73H,4-24,27-48,50-51,53-56H2,1-3H3,(H,67,74)/b26-25+,52-49+. The van der Waals surface area contributed by atoms with Crippen LogP contribution in [0, 0.1) is 0 Å². The van der Waals surface area contributed by atoms with Gasteiger partial charge in [0.05, 0.1) is 25.4 Å². The third-order valence-corrected chi connectivity index (χ3v) is 15.9. The van der Waals surface area contributed by atoms with E-state index in [0.717, 1.165) is 57.8 Å². The molecule has 6 N–H and O–H groups in total. The molecule has 0 bridgehead atoms. The molecule has 0 saturated carbocycles. The van der Waals surface area contributed by atoms with Crippen LogP contribution >= 0.6 is 0 Å². The van der Waals surface area contributed by atoms with Crippen LogP contribution in [0.3, 0.4) is 0 Å². The maximum Gasteiger partial charge on any atom is 0.306 e. The zero-order chi connectivity index (χ0) is 56.1. The Morgan fingerprint density at radius 1 is 0.494 bits per heavy atom. The maximum atomic E-state index is 13.4. The number of amides is 1. The first-order valence-electron chi connectivity index (χ1n) is 33.1. The van der Waals surface area contributed by atoms with Gasteiger partial charge >= 0.3 is 5.97 Å². The second-order valence-corrected chi connectivity index (χ2v) is 23.2. The van der Waals surface area contributed by atoms with Crippen molar-refractivity contribution >= 4 is 11.9 Å². The number of aliphatic hydroxyl groups is 5. The van der Waals surface area contributed by atoms with Crippen molar-refractivity contribution in [2.45, 2.75) is 372 Å². The van der Waals surface area contributed by atoms with Crippen LogP contribution in [-0.2, 0) is 23.8 Å². The third kappa shape index (κ3) is 42.6. The molecule has 1 heterocycles. The number of aliphatic hydroxyl groups excluding tert-OH is 5. The Bertz CT molecular complexity index is 1350. The van der Waals surface area contributed by atoms with Crippen molar-refractivity contribution in [1.82, 2.24) is 5.32 Å². The van der Waals surface area contributed by atoms with Crippen molar-refractivity contribution in [3.63, 3.8) is 0 Å². The van der Waals surface area contributed by atoms with Crippen LogP contribution in [0.4, 0.5) is 0 Å². The summed E-state index contributed by atoms with van der Waals surface area (Å²) in [4.78, 5) is 26.6. The fourth-order valence-corrected chi connectivity index (χ4v) is 10.6. The highest BCUT2D eigenvalue weighted by molar-refractivity contribution is 5.80. The summed E-state index contributed by atoms with van der Waals surface area (Å²) >= 11 is 0. The highest BCUT2D eigenvalue weighted by Gasteiger charge is 2.47. The van der Waals surface area contributed by atoms with E-state index in [2.05, 4.69) is 38.2 Å². The van der Waals surface area contributed by atoms with Gasteiger partial charge in [-0.05, 0) is 51.4 Å². The number of unbranched alkanes of at least 4 members (excludes halogenated alkanes) is 41. The Hall–Kier alpha value is -1.86. The SMILES string of the molecule is CCCCCCCC/C=C/CCCCCCCCCCCCCCCC(=O)OC1C(OCC(NC(=O)C(O)CCCCCCCCCCCCCCC)C(O)/C=C/CCCCCCCCCCCC)OC(CO)C(O)C1O. The number of hydrogen-bond donors (Lipinski definition) is 6. The highest BCUT2D eigenvalue weighted by atomic mass is 16.7. The lowest BCUT2D eigenvalue weighted by molar-refractivity contribution is -0.305. The molecule has 1 fully saturated rings. The van der Waals surface area contributed by atoms with Gasteiger partial charge in [-0.15, -0.1) is 0 Å². The van der Waals surface area contributed by atoms with Gasteiger partial charge in [-0.1, -0.05) is 289 Å². The zero-order valence-electron chi connectivity index (χ0n) is 50.4. The third-order valence-electron chi connectivity index (χ3n) is 15.9. The molecule has 77 heavy (non-hydrogen) atoms. The van der Waals surface area contributed by atoms with Gasteiger partial charge in [0, 0.05) is 6.42 Å². The predicted octanol–water partition coefficient (Wildman–Crippen LogP) is 16.1. The molecule has 1 amide bonds. The summed E-state index contributed by atoms with van der Waals surface area (Å²) in [6.07, 6.45) is 53.6. The van der Waals surface area contributed by atoms with E-state index in [1.54, 1.807) is 6.08 Å². The lowest BCUT2D eigenvalue weighted by atomic mass is 9.99. The quantitative estimate of drug-likeness (QED) is 0.0195. The van der Waals surface area contributed by atoms with E-state index in [0.29, 0.717) is 19.3 Å². The van der Waals surface area contributed by atoms with E-state index in [9.17, 15) is 35.1 Å². The molecule has 0 aromatic rings. The average molecular weight is 1090 g/mol. The van der Waals surface area contributed by atoms with E-state index in [1.807, 2.05) is 6.08 Å². The number of carbonyl (C=O) groups excluding carboxylic acids is 2. The first-order valence-corrected chi connectivity index (χ1v) is 33.1. The summed E-state index contributed by atoms with van der Waals surface area (Å²) in [5.74, 6) is -1.18.